The van der Waals surface area contributed by atoms with Crippen LogP contribution >= 0.6 is 11.3 Å². The van der Waals surface area contributed by atoms with Crippen LogP contribution in [0.5, 0.6) is 0 Å². The van der Waals surface area contributed by atoms with Gasteiger partial charge in [0.2, 0.25) is 11.6 Å². The summed E-state index contributed by atoms with van der Waals surface area (Å²) >= 11 is 0.997. The van der Waals surface area contributed by atoms with Crippen molar-refractivity contribution in [2.75, 3.05) is 30.9 Å². The van der Waals surface area contributed by atoms with Gasteiger partial charge in [0.15, 0.2) is 11.2 Å². The number of Topliss-reactive ketones (excluding diaryl/α,β-unsaturated/α-hetero) is 2. The van der Waals surface area contributed by atoms with Crippen molar-refractivity contribution in [1.82, 2.24) is 14.9 Å². The van der Waals surface area contributed by atoms with E-state index in [1.165, 1.54) is 28.1 Å². The number of anilines is 2. The van der Waals surface area contributed by atoms with Crippen LogP contribution in [0.25, 0.3) is 0 Å². The quantitative estimate of drug-likeness (QED) is 0.500. The predicted octanol–water partition coefficient (Wildman–Crippen LogP) is 3.36. The summed E-state index contributed by atoms with van der Waals surface area (Å²) in [4.78, 5) is 61.5. The Morgan fingerprint density at radius 2 is 1.97 bits per heavy atom. The number of hydrogen-bond acceptors (Lipinski definition) is 9. The second-order valence-corrected chi connectivity index (χ2v) is 9.67. The van der Waals surface area contributed by atoms with E-state index in [-0.39, 0.29) is 28.2 Å². The van der Waals surface area contributed by atoms with Crippen molar-refractivity contribution in [3.05, 3.63) is 34.5 Å². The van der Waals surface area contributed by atoms with Gasteiger partial charge in [-0.1, -0.05) is 11.3 Å². The third-order valence-electron chi connectivity index (χ3n) is 4.64. The molecule has 1 atom stereocenters. The van der Waals surface area contributed by atoms with Gasteiger partial charge in [-0.05, 0) is 39.8 Å². The maximum absolute atomic E-state index is 13.0. The Kier molecular flexibility index (Phi) is 7.32. The Hall–Kier alpha value is -3.38. The molecule has 0 saturated carbocycles. The molecule has 0 radical (unpaired) electrons. The number of pyridine rings is 1. The zero-order valence-electron chi connectivity index (χ0n) is 19.9. The van der Waals surface area contributed by atoms with Crippen molar-refractivity contribution in [2.45, 2.75) is 46.0 Å². The molecule has 11 nitrogen and oxygen atoms in total. The van der Waals surface area contributed by atoms with E-state index in [1.54, 1.807) is 41.8 Å². The Morgan fingerprint density at radius 1 is 1.26 bits per heavy atom. The molecule has 182 valence electrons. The van der Waals surface area contributed by atoms with Crippen molar-refractivity contribution in [3.8, 4) is 0 Å². The number of nitrogens with zero attached hydrogens (tertiary/aromatic N) is 4. The van der Waals surface area contributed by atoms with E-state index in [1.807, 2.05) is 0 Å². The SMILES string of the molecule is CCN(C(=O)OC(C)(C)C)c1ccc(C(=O)C2OCc3nc(NC(=O)N(C)C)sc3C2=O)cn1. The number of hydrogen-bond donors (Lipinski definition) is 1. The summed E-state index contributed by atoms with van der Waals surface area (Å²) in [6, 6.07) is 2.62. The van der Waals surface area contributed by atoms with Crippen LogP contribution in [0, 0.1) is 0 Å². The van der Waals surface area contributed by atoms with Gasteiger partial charge >= 0.3 is 12.1 Å². The predicted molar refractivity (Wildman–Crippen MR) is 126 cm³/mol. The highest BCUT2D eigenvalue weighted by Gasteiger charge is 2.37. The number of thiazole rings is 1. The zero-order chi connectivity index (χ0) is 25.2. The lowest BCUT2D eigenvalue weighted by molar-refractivity contribution is 0.0257. The Bertz CT molecular complexity index is 1110. The number of fused-ring (bicyclic) bond motifs is 1. The lowest BCUT2D eigenvalue weighted by Gasteiger charge is -2.26. The molecule has 3 heterocycles. The summed E-state index contributed by atoms with van der Waals surface area (Å²) in [6.07, 6.45) is -0.597. The normalized spacial score (nSPS) is 15.4. The molecule has 3 amide bonds. The third-order valence-corrected chi connectivity index (χ3v) is 5.67. The maximum Gasteiger partial charge on any atom is 0.415 e. The summed E-state index contributed by atoms with van der Waals surface area (Å²) in [5, 5.41) is 2.84. The second kappa shape index (κ2) is 9.85. The topological polar surface area (TPSA) is 131 Å². The van der Waals surface area contributed by atoms with Crippen molar-refractivity contribution in [2.24, 2.45) is 0 Å². The van der Waals surface area contributed by atoms with Crippen LogP contribution < -0.4 is 10.2 Å². The summed E-state index contributed by atoms with van der Waals surface area (Å²) in [7, 11) is 3.16. The number of urea groups is 1. The summed E-state index contributed by atoms with van der Waals surface area (Å²) < 4.78 is 10.9. The first-order chi connectivity index (χ1) is 15.9. The molecule has 1 unspecified atom stereocenters. The smallest absolute Gasteiger partial charge is 0.415 e. The molecule has 0 saturated heterocycles. The Morgan fingerprint density at radius 3 is 2.53 bits per heavy atom. The molecule has 0 spiro atoms. The summed E-state index contributed by atoms with van der Waals surface area (Å²) in [6.45, 7) is 7.36. The first-order valence-corrected chi connectivity index (χ1v) is 11.4. The maximum atomic E-state index is 13.0. The van der Waals surface area contributed by atoms with Crippen LogP contribution in [-0.2, 0) is 16.1 Å². The molecule has 34 heavy (non-hydrogen) atoms. The van der Waals surface area contributed by atoms with Gasteiger partial charge in [0, 0.05) is 32.4 Å². The largest absolute Gasteiger partial charge is 0.443 e. The standard InChI is InChI=1S/C22H27N5O6S/c1-7-27(21(31)33-22(2,3)4)14-9-8-12(10-23-14)15(28)17-16(29)18-13(11-32-17)24-19(34-18)25-20(30)26(5)6/h8-10,17H,7,11H2,1-6H3,(H,24,25,30). The first kappa shape index (κ1) is 25.2. The van der Waals surface area contributed by atoms with Crippen LogP contribution in [-0.4, -0.2) is 70.9 Å². The number of rotatable bonds is 5. The highest BCUT2D eigenvalue weighted by molar-refractivity contribution is 7.17. The van der Waals surface area contributed by atoms with Crippen LogP contribution in [0.15, 0.2) is 18.3 Å². The van der Waals surface area contributed by atoms with Crippen molar-refractivity contribution in [1.29, 1.82) is 0 Å². The van der Waals surface area contributed by atoms with Gasteiger partial charge in [-0.2, -0.15) is 0 Å². The molecule has 2 aromatic heterocycles. The molecular weight excluding hydrogens is 462 g/mol. The molecule has 12 heteroatoms. The number of ketones is 2. The summed E-state index contributed by atoms with van der Waals surface area (Å²) in [5.74, 6) is -0.764. The molecule has 1 aliphatic rings. The Labute approximate surface area is 201 Å². The molecule has 1 N–H and O–H groups in total. The molecule has 0 fully saturated rings. The highest BCUT2D eigenvalue weighted by atomic mass is 32.1. The minimum Gasteiger partial charge on any atom is -0.443 e. The number of carbonyl (C=O) groups is 4. The van der Waals surface area contributed by atoms with E-state index < -0.39 is 29.4 Å². The molecule has 2 aromatic rings. The number of nitrogens with one attached hydrogen (secondary N) is 1. The number of ether oxygens (including phenoxy) is 2. The van der Waals surface area contributed by atoms with Gasteiger partial charge in [-0.3, -0.25) is 19.8 Å². The van der Waals surface area contributed by atoms with Crippen LogP contribution in [0.4, 0.5) is 20.5 Å². The third kappa shape index (κ3) is 5.57. The van der Waals surface area contributed by atoms with E-state index in [0.29, 0.717) is 18.1 Å². The van der Waals surface area contributed by atoms with Gasteiger partial charge in [0.1, 0.15) is 16.3 Å². The van der Waals surface area contributed by atoms with Gasteiger partial charge in [-0.25, -0.2) is 19.6 Å². The van der Waals surface area contributed by atoms with Gasteiger partial charge < -0.3 is 14.4 Å². The van der Waals surface area contributed by atoms with E-state index in [4.69, 9.17) is 9.47 Å². The van der Waals surface area contributed by atoms with Crippen molar-refractivity contribution >= 4 is 46.0 Å². The lowest BCUT2D eigenvalue weighted by atomic mass is 10.0. The second-order valence-electron chi connectivity index (χ2n) is 8.67. The molecule has 0 aromatic carbocycles. The fourth-order valence-corrected chi connectivity index (χ4v) is 3.91. The minimum atomic E-state index is -1.34. The monoisotopic (exact) mass is 489 g/mol. The van der Waals surface area contributed by atoms with E-state index in [0.717, 1.165) is 11.3 Å². The van der Waals surface area contributed by atoms with Gasteiger partial charge in [0.05, 0.1) is 12.3 Å². The highest BCUT2D eigenvalue weighted by Crippen LogP contribution is 2.30. The van der Waals surface area contributed by atoms with Crippen LogP contribution in [0.3, 0.4) is 0 Å². The van der Waals surface area contributed by atoms with Crippen molar-refractivity contribution < 1.29 is 28.7 Å². The number of carbonyl (C=O) groups excluding carboxylic acids is 4. The van der Waals surface area contributed by atoms with Gasteiger partial charge in [-0.15, -0.1) is 0 Å². The lowest BCUT2D eigenvalue weighted by Crippen LogP contribution is -2.38. The van der Waals surface area contributed by atoms with Crippen LogP contribution in [0.1, 0.15) is 53.4 Å². The van der Waals surface area contributed by atoms with Gasteiger partial charge in [0.25, 0.3) is 0 Å². The zero-order valence-corrected chi connectivity index (χ0v) is 20.7. The molecular formula is C22H27N5O6S. The fourth-order valence-electron chi connectivity index (χ4n) is 3.00. The average Bonchev–Trinajstić information content (AvgIpc) is 3.16. The summed E-state index contributed by atoms with van der Waals surface area (Å²) in [5.41, 5.74) is -0.127. The van der Waals surface area contributed by atoms with Crippen molar-refractivity contribution in [3.63, 3.8) is 0 Å². The van der Waals surface area contributed by atoms with E-state index in [2.05, 4.69) is 15.3 Å². The molecule has 1 aliphatic heterocycles. The fraction of sp³-hybridized carbons (Fsp3) is 0.455. The minimum absolute atomic E-state index is 0.0421. The molecule has 3 rings (SSSR count). The van der Waals surface area contributed by atoms with E-state index in [9.17, 15) is 19.2 Å². The van der Waals surface area contributed by atoms with E-state index >= 15 is 0 Å². The number of amides is 3. The number of aromatic nitrogens is 2. The molecule has 0 bridgehead atoms. The Balaban J connectivity index is 1.74. The van der Waals surface area contributed by atoms with Crippen LogP contribution in [0.2, 0.25) is 0 Å². The average molecular weight is 490 g/mol. The molecule has 0 aliphatic carbocycles. The first-order valence-electron chi connectivity index (χ1n) is 10.6.